The summed E-state index contributed by atoms with van der Waals surface area (Å²) in [6.07, 6.45) is -1.05. The van der Waals surface area contributed by atoms with Crippen LogP contribution in [0.4, 0.5) is 0 Å². The highest BCUT2D eigenvalue weighted by Gasteiger charge is 2.18. The third kappa shape index (κ3) is 2.62. The van der Waals surface area contributed by atoms with Gasteiger partial charge in [-0.2, -0.15) is 0 Å². The fourth-order valence-electron chi connectivity index (χ4n) is 1.66. The van der Waals surface area contributed by atoms with Gasteiger partial charge in [0.1, 0.15) is 0 Å². The number of pyridine rings is 1. The highest BCUT2D eigenvalue weighted by atomic mass is 16.5. The van der Waals surface area contributed by atoms with Crippen LogP contribution in [0.2, 0.25) is 0 Å². The number of aromatic nitrogens is 1. The van der Waals surface area contributed by atoms with E-state index in [1.165, 1.54) is 6.92 Å². The van der Waals surface area contributed by atoms with Gasteiger partial charge in [0.2, 0.25) is 5.56 Å². The van der Waals surface area contributed by atoms with E-state index in [0.717, 1.165) is 6.07 Å². The number of fused-ring (bicyclic) bond motifs is 1. The first-order valence-electron chi connectivity index (χ1n) is 5.61. The summed E-state index contributed by atoms with van der Waals surface area (Å²) in [6.45, 7) is 1.37. The Hall–Kier alpha value is -2.63. The number of carbonyl (C=O) groups excluding carboxylic acids is 2. The first-order chi connectivity index (χ1) is 8.99. The molecule has 0 aliphatic carbocycles. The second kappa shape index (κ2) is 4.93. The maximum absolute atomic E-state index is 11.9. The Morgan fingerprint density at radius 3 is 2.68 bits per heavy atom. The molecule has 0 saturated heterocycles. The molecule has 98 valence electrons. The van der Waals surface area contributed by atoms with E-state index >= 15 is 0 Å². The summed E-state index contributed by atoms with van der Waals surface area (Å²) in [7, 11) is 0. The zero-order valence-corrected chi connectivity index (χ0v) is 10.2. The van der Waals surface area contributed by atoms with Crippen LogP contribution in [0.25, 0.3) is 10.9 Å². The molecule has 0 fully saturated rings. The van der Waals surface area contributed by atoms with Gasteiger partial charge in [0.05, 0.1) is 5.56 Å². The lowest BCUT2D eigenvalue weighted by Gasteiger charge is -2.10. The normalized spacial score (nSPS) is 12.1. The quantitative estimate of drug-likeness (QED) is 0.787. The molecule has 2 rings (SSSR count). The van der Waals surface area contributed by atoms with Crippen molar-refractivity contribution in [3.8, 4) is 0 Å². The zero-order valence-electron chi connectivity index (χ0n) is 10.2. The SMILES string of the molecule is C[C@@H](OC(=O)c1cc(=O)[nH]c2ccccc12)C(N)=O. The van der Waals surface area contributed by atoms with Gasteiger partial charge in [-0.15, -0.1) is 0 Å². The van der Waals surface area contributed by atoms with Crippen molar-refractivity contribution in [2.75, 3.05) is 0 Å². The molecule has 1 heterocycles. The number of benzene rings is 1. The van der Waals surface area contributed by atoms with Crippen molar-refractivity contribution in [2.24, 2.45) is 5.73 Å². The molecule has 3 N–H and O–H groups in total. The highest BCUT2D eigenvalue weighted by Crippen LogP contribution is 2.15. The summed E-state index contributed by atoms with van der Waals surface area (Å²) in [5.41, 5.74) is 5.23. The van der Waals surface area contributed by atoms with Gasteiger partial charge in [-0.1, -0.05) is 18.2 Å². The molecular formula is C13H12N2O4. The van der Waals surface area contributed by atoms with E-state index in [1.807, 2.05) is 0 Å². The summed E-state index contributed by atoms with van der Waals surface area (Å²) >= 11 is 0. The van der Waals surface area contributed by atoms with E-state index in [4.69, 9.17) is 10.5 Å². The smallest absolute Gasteiger partial charge is 0.339 e. The number of hydrogen-bond donors (Lipinski definition) is 2. The lowest BCUT2D eigenvalue weighted by Crippen LogP contribution is -2.30. The Kier molecular flexibility index (Phi) is 3.33. The Labute approximate surface area is 108 Å². The number of amides is 1. The van der Waals surface area contributed by atoms with Gasteiger partial charge in [0.15, 0.2) is 6.10 Å². The van der Waals surface area contributed by atoms with E-state index in [9.17, 15) is 14.4 Å². The van der Waals surface area contributed by atoms with E-state index < -0.39 is 23.5 Å². The van der Waals surface area contributed by atoms with Crippen LogP contribution >= 0.6 is 0 Å². The van der Waals surface area contributed by atoms with E-state index in [-0.39, 0.29) is 5.56 Å². The van der Waals surface area contributed by atoms with Crippen LogP contribution in [-0.4, -0.2) is 23.0 Å². The molecule has 19 heavy (non-hydrogen) atoms. The molecular weight excluding hydrogens is 248 g/mol. The maximum Gasteiger partial charge on any atom is 0.339 e. The van der Waals surface area contributed by atoms with Crippen LogP contribution in [0, 0.1) is 0 Å². The fraction of sp³-hybridized carbons (Fsp3) is 0.154. The number of rotatable bonds is 3. The zero-order chi connectivity index (χ0) is 14.0. The molecule has 0 spiro atoms. The number of nitrogens with one attached hydrogen (secondary N) is 1. The first kappa shape index (κ1) is 12.8. The third-order valence-corrected chi connectivity index (χ3v) is 2.65. The molecule has 0 radical (unpaired) electrons. The largest absolute Gasteiger partial charge is 0.449 e. The molecule has 0 saturated carbocycles. The predicted octanol–water partition coefficient (Wildman–Crippen LogP) is 0.559. The van der Waals surface area contributed by atoms with E-state index in [0.29, 0.717) is 10.9 Å². The first-order valence-corrected chi connectivity index (χ1v) is 5.61. The Morgan fingerprint density at radius 2 is 2.00 bits per heavy atom. The topological polar surface area (TPSA) is 102 Å². The molecule has 1 amide bonds. The average molecular weight is 260 g/mol. The molecule has 6 nitrogen and oxygen atoms in total. The van der Waals surface area contributed by atoms with Crippen LogP contribution in [0.1, 0.15) is 17.3 Å². The van der Waals surface area contributed by atoms with Gasteiger partial charge in [-0.25, -0.2) is 4.79 Å². The van der Waals surface area contributed by atoms with Crippen LogP contribution < -0.4 is 11.3 Å². The van der Waals surface area contributed by atoms with Crippen LogP contribution in [0.5, 0.6) is 0 Å². The molecule has 0 aliphatic rings. The van der Waals surface area contributed by atoms with Crippen molar-refractivity contribution < 1.29 is 14.3 Å². The number of primary amides is 1. The number of ether oxygens (including phenoxy) is 1. The van der Waals surface area contributed by atoms with Gasteiger partial charge in [0.25, 0.3) is 5.91 Å². The van der Waals surface area contributed by atoms with E-state index in [1.54, 1.807) is 24.3 Å². The summed E-state index contributed by atoms with van der Waals surface area (Å²) in [5.74, 6) is -1.50. The summed E-state index contributed by atoms with van der Waals surface area (Å²) < 4.78 is 4.89. The number of hydrogen-bond acceptors (Lipinski definition) is 4. The molecule has 6 heteroatoms. The van der Waals surface area contributed by atoms with Crippen molar-refractivity contribution in [3.05, 3.63) is 46.2 Å². The van der Waals surface area contributed by atoms with Gasteiger partial charge in [0, 0.05) is 17.0 Å². The molecule has 1 aromatic carbocycles. The van der Waals surface area contributed by atoms with Crippen LogP contribution in [0.3, 0.4) is 0 Å². The fourth-order valence-corrected chi connectivity index (χ4v) is 1.66. The number of carbonyl (C=O) groups is 2. The van der Waals surface area contributed by atoms with Crippen molar-refractivity contribution in [1.29, 1.82) is 0 Å². The minimum atomic E-state index is -1.05. The van der Waals surface area contributed by atoms with Gasteiger partial charge in [-0.05, 0) is 13.0 Å². The Bertz CT molecular complexity index is 705. The van der Waals surface area contributed by atoms with Gasteiger partial charge < -0.3 is 15.5 Å². The second-order valence-corrected chi connectivity index (χ2v) is 4.04. The number of aromatic amines is 1. The van der Waals surface area contributed by atoms with Gasteiger partial charge in [-0.3, -0.25) is 9.59 Å². The summed E-state index contributed by atoms with van der Waals surface area (Å²) in [6, 6.07) is 7.95. The van der Waals surface area contributed by atoms with Gasteiger partial charge >= 0.3 is 5.97 Å². The van der Waals surface area contributed by atoms with Crippen molar-refractivity contribution in [3.63, 3.8) is 0 Å². The molecule has 1 aromatic heterocycles. The predicted molar refractivity (Wildman–Crippen MR) is 68.6 cm³/mol. The molecule has 0 bridgehead atoms. The number of para-hydroxylation sites is 1. The highest BCUT2D eigenvalue weighted by molar-refractivity contribution is 6.03. The number of nitrogens with two attached hydrogens (primary N) is 1. The van der Waals surface area contributed by atoms with Crippen molar-refractivity contribution >= 4 is 22.8 Å². The maximum atomic E-state index is 11.9. The lowest BCUT2D eigenvalue weighted by molar-refractivity contribution is -0.125. The Morgan fingerprint density at radius 1 is 1.32 bits per heavy atom. The minimum absolute atomic E-state index is 0.104. The molecule has 2 aromatic rings. The van der Waals surface area contributed by atoms with Crippen molar-refractivity contribution in [1.82, 2.24) is 4.98 Å². The molecule has 0 unspecified atom stereocenters. The second-order valence-electron chi connectivity index (χ2n) is 4.04. The summed E-state index contributed by atoms with van der Waals surface area (Å²) in [5, 5.41) is 0.545. The van der Waals surface area contributed by atoms with E-state index in [2.05, 4.69) is 4.98 Å². The van der Waals surface area contributed by atoms with Crippen molar-refractivity contribution in [2.45, 2.75) is 13.0 Å². The lowest BCUT2D eigenvalue weighted by atomic mass is 10.1. The van der Waals surface area contributed by atoms with Crippen LogP contribution in [-0.2, 0) is 9.53 Å². The number of esters is 1. The molecule has 0 aliphatic heterocycles. The summed E-state index contributed by atoms with van der Waals surface area (Å²) in [4.78, 5) is 36.9. The molecule has 1 atom stereocenters. The van der Waals surface area contributed by atoms with Crippen LogP contribution in [0.15, 0.2) is 35.1 Å². The minimum Gasteiger partial charge on any atom is -0.449 e. The average Bonchev–Trinajstić information content (AvgIpc) is 2.37. The standard InChI is InChI=1S/C13H12N2O4/c1-7(12(14)17)19-13(18)9-6-11(16)15-10-5-3-2-4-8(9)10/h2-7H,1H3,(H2,14,17)(H,15,16)/t7-/m1/s1. The monoisotopic (exact) mass is 260 g/mol. The third-order valence-electron chi connectivity index (χ3n) is 2.65. The Balaban J connectivity index is 2.47. The number of H-pyrrole nitrogens is 1.